The van der Waals surface area contributed by atoms with Gasteiger partial charge in [-0.25, -0.2) is 9.37 Å². The quantitative estimate of drug-likeness (QED) is 0.902. The number of pyridine rings is 1. The molecule has 2 aromatic rings. The van der Waals surface area contributed by atoms with E-state index in [0.717, 1.165) is 5.82 Å². The third-order valence-corrected chi connectivity index (χ3v) is 3.82. The third kappa shape index (κ3) is 3.61. The number of halogens is 1. The second kappa shape index (κ2) is 6.56. The maximum Gasteiger partial charge on any atom is 0.255 e. The van der Waals surface area contributed by atoms with E-state index in [-0.39, 0.29) is 11.5 Å². The summed E-state index contributed by atoms with van der Waals surface area (Å²) in [6, 6.07) is 9.74. The standard InChI is InChI=1S/C17H18FN3O/c18-13-5-3-4-12(10-13)17(22)21-15-8-9-16(19-11-15)20-14-6-1-2-7-14/h3-5,8-11,14H,1-2,6-7H2,(H,19,20)(H,21,22). The van der Waals surface area contributed by atoms with Crippen LogP contribution >= 0.6 is 0 Å². The van der Waals surface area contributed by atoms with Crippen molar-refractivity contribution in [2.24, 2.45) is 0 Å². The van der Waals surface area contributed by atoms with Gasteiger partial charge in [-0.3, -0.25) is 4.79 Å². The smallest absolute Gasteiger partial charge is 0.255 e. The molecule has 1 aromatic carbocycles. The molecule has 0 bridgehead atoms. The van der Waals surface area contributed by atoms with Crippen molar-refractivity contribution in [3.05, 3.63) is 54.0 Å². The van der Waals surface area contributed by atoms with E-state index in [4.69, 9.17) is 0 Å². The van der Waals surface area contributed by atoms with E-state index >= 15 is 0 Å². The molecule has 0 unspecified atom stereocenters. The number of hydrogen-bond donors (Lipinski definition) is 2. The van der Waals surface area contributed by atoms with Crippen LogP contribution < -0.4 is 10.6 Å². The average molecular weight is 299 g/mol. The van der Waals surface area contributed by atoms with Crippen molar-refractivity contribution < 1.29 is 9.18 Å². The largest absolute Gasteiger partial charge is 0.367 e. The second-order valence-corrected chi connectivity index (χ2v) is 5.52. The Morgan fingerprint density at radius 2 is 2.00 bits per heavy atom. The number of benzene rings is 1. The second-order valence-electron chi connectivity index (χ2n) is 5.52. The molecular formula is C17H18FN3O. The summed E-state index contributed by atoms with van der Waals surface area (Å²) in [5.74, 6) is 0.0374. The van der Waals surface area contributed by atoms with E-state index in [1.807, 2.05) is 6.07 Å². The Hall–Kier alpha value is -2.43. The van der Waals surface area contributed by atoms with Gasteiger partial charge in [-0.15, -0.1) is 0 Å². The van der Waals surface area contributed by atoms with Crippen LogP contribution in [0.2, 0.25) is 0 Å². The number of aromatic nitrogens is 1. The van der Waals surface area contributed by atoms with Gasteiger partial charge in [0.2, 0.25) is 0 Å². The van der Waals surface area contributed by atoms with Crippen molar-refractivity contribution >= 4 is 17.4 Å². The number of carbonyl (C=O) groups excluding carboxylic acids is 1. The molecule has 22 heavy (non-hydrogen) atoms. The molecule has 114 valence electrons. The Kier molecular flexibility index (Phi) is 4.32. The number of rotatable bonds is 4. The molecule has 1 aliphatic carbocycles. The van der Waals surface area contributed by atoms with E-state index in [9.17, 15) is 9.18 Å². The van der Waals surface area contributed by atoms with Crippen molar-refractivity contribution in [3.8, 4) is 0 Å². The molecule has 0 spiro atoms. The van der Waals surface area contributed by atoms with Crippen LogP contribution in [0.5, 0.6) is 0 Å². The van der Waals surface area contributed by atoms with Gasteiger partial charge in [0.25, 0.3) is 5.91 Å². The molecule has 1 amide bonds. The van der Waals surface area contributed by atoms with Gasteiger partial charge in [0.1, 0.15) is 11.6 Å². The van der Waals surface area contributed by atoms with Gasteiger partial charge >= 0.3 is 0 Å². The van der Waals surface area contributed by atoms with E-state index in [1.165, 1.54) is 43.9 Å². The first-order valence-electron chi connectivity index (χ1n) is 7.50. The van der Waals surface area contributed by atoms with Crippen molar-refractivity contribution in [2.45, 2.75) is 31.7 Å². The zero-order valence-electron chi connectivity index (χ0n) is 12.2. The van der Waals surface area contributed by atoms with Crippen LogP contribution in [0.25, 0.3) is 0 Å². The minimum absolute atomic E-state index is 0.285. The molecule has 0 aliphatic heterocycles. The SMILES string of the molecule is O=C(Nc1ccc(NC2CCCC2)nc1)c1cccc(F)c1. The molecule has 0 atom stereocenters. The zero-order chi connectivity index (χ0) is 15.4. The Morgan fingerprint density at radius 3 is 2.68 bits per heavy atom. The highest BCUT2D eigenvalue weighted by Crippen LogP contribution is 2.21. The summed E-state index contributed by atoms with van der Waals surface area (Å²) in [5.41, 5.74) is 0.874. The highest BCUT2D eigenvalue weighted by atomic mass is 19.1. The lowest BCUT2D eigenvalue weighted by atomic mass is 10.2. The molecule has 0 saturated heterocycles. The van der Waals surface area contributed by atoms with Gasteiger partial charge < -0.3 is 10.6 Å². The zero-order valence-corrected chi connectivity index (χ0v) is 12.2. The van der Waals surface area contributed by atoms with E-state index < -0.39 is 5.82 Å². The molecule has 1 aromatic heterocycles. The van der Waals surface area contributed by atoms with Gasteiger partial charge in [0.05, 0.1) is 11.9 Å². The molecule has 0 radical (unpaired) electrons. The van der Waals surface area contributed by atoms with Gasteiger partial charge in [-0.2, -0.15) is 0 Å². The fourth-order valence-electron chi connectivity index (χ4n) is 2.67. The van der Waals surface area contributed by atoms with Crippen LogP contribution in [-0.2, 0) is 0 Å². The number of nitrogens with one attached hydrogen (secondary N) is 2. The highest BCUT2D eigenvalue weighted by Gasteiger charge is 2.14. The van der Waals surface area contributed by atoms with E-state index in [0.29, 0.717) is 11.7 Å². The molecule has 1 saturated carbocycles. The lowest BCUT2D eigenvalue weighted by Crippen LogP contribution is -2.16. The van der Waals surface area contributed by atoms with Gasteiger partial charge in [0.15, 0.2) is 0 Å². The fraction of sp³-hybridized carbons (Fsp3) is 0.294. The van der Waals surface area contributed by atoms with Crippen molar-refractivity contribution in [1.29, 1.82) is 0 Å². The molecule has 1 fully saturated rings. The molecule has 5 heteroatoms. The van der Waals surface area contributed by atoms with Crippen LogP contribution in [0.15, 0.2) is 42.6 Å². The first-order chi connectivity index (χ1) is 10.7. The van der Waals surface area contributed by atoms with Gasteiger partial charge in [-0.05, 0) is 43.2 Å². The predicted molar refractivity (Wildman–Crippen MR) is 84.5 cm³/mol. The molecule has 1 aliphatic rings. The van der Waals surface area contributed by atoms with Crippen molar-refractivity contribution in [2.75, 3.05) is 10.6 Å². The summed E-state index contributed by atoms with van der Waals surface area (Å²) >= 11 is 0. The monoisotopic (exact) mass is 299 g/mol. The minimum Gasteiger partial charge on any atom is -0.367 e. The number of amides is 1. The Morgan fingerprint density at radius 1 is 1.18 bits per heavy atom. The lowest BCUT2D eigenvalue weighted by Gasteiger charge is -2.13. The summed E-state index contributed by atoms with van der Waals surface area (Å²) in [4.78, 5) is 16.3. The van der Waals surface area contributed by atoms with Crippen molar-refractivity contribution in [1.82, 2.24) is 4.98 Å². The first kappa shape index (κ1) is 14.5. The molecule has 3 rings (SSSR count). The van der Waals surface area contributed by atoms with Crippen LogP contribution in [-0.4, -0.2) is 16.9 Å². The first-order valence-corrected chi connectivity index (χ1v) is 7.50. The minimum atomic E-state index is -0.429. The van der Waals surface area contributed by atoms with Crippen LogP contribution in [0.1, 0.15) is 36.0 Å². The van der Waals surface area contributed by atoms with Gasteiger partial charge in [0, 0.05) is 11.6 Å². The van der Waals surface area contributed by atoms with Crippen LogP contribution in [0.3, 0.4) is 0 Å². The lowest BCUT2D eigenvalue weighted by molar-refractivity contribution is 0.102. The summed E-state index contributed by atoms with van der Waals surface area (Å²) < 4.78 is 13.1. The third-order valence-electron chi connectivity index (χ3n) is 3.82. The average Bonchev–Trinajstić information content (AvgIpc) is 3.02. The van der Waals surface area contributed by atoms with Crippen LogP contribution in [0.4, 0.5) is 15.9 Å². The number of anilines is 2. The van der Waals surface area contributed by atoms with Crippen molar-refractivity contribution in [3.63, 3.8) is 0 Å². The molecular weight excluding hydrogens is 281 g/mol. The maximum absolute atomic E-state index is 13.1. The Labute approximate surface area is 128 Å². The summed E-state index contributed by atoms with van der Waals surface area (Å²) in [6.07, 6.45) is 6.49. The van der Waals surface area contributed by atoms with E-state index in [2.05, 4.69) is 15.6 Å². The predicted octanol–water partition coefficient (Wildman–Crippen LogP) is 3.83. The number of hydrogen-bond acceptors (Lipinski definition) is 3. The molecule has 1 heterocycles. The maximum atomic E-state index is 13.1. The highest BCUT2D eigenvalue weighted by molar-refractivity contribution is 6.04. The molecule has 4 nitrogen and oxygen atoms in total. The van der Waals surface area contributed by atoms with Crippen LogP contribution in [0, 0.1) is 5.82 Å². The van der Waals surface area contributed by atoms with Gasteiger partial charge in [-0.1, -0.05) is 18.9 Å². The summed E-state index contributed by atoms with van der Waals surface area (Å²) in [6.45, 7) is 0. The Balaban J connectivity index is 1.61. The number of nitrogens with zero attached hydrogens (tertiary/aromatic N) is 1. The summed E-state index contributed by atoms with van der Waals surface area (Å²) in [7, 11) is 0. The topological polar surface area (TPSA) is 54.0 Å². The fourth-order valence-corrected chi connectivity index (χ4v) is 2.67. The molecule has 2 N–H and O–H groups in total. The van der Waals surface area contributed by atoms with E-state index in [1.54, 1.807) is 18.3 Å². The summed E-state index contributed by atoms with van der Waals surface area (Å²) in [5, 5.41) is 6.10. The number of carbonyl (C=O) groups is 1. The normalized spacial score (nSPS) is 14.8. The Bertz CT molecular complexity index is 651.